The molecule has 5 heteroatoms. The van der Waals surface area contributed by atoms with Crippen LogP contribution >= 0.6 is 0 Å². The Balaban J connectivity index is 4.52. The minimum Gasteiger partial charge on any atom is -0.462 e. The minimum absolute atomic E-state index is 0.0107. The molecule has 5 nitrogen and oxygen atoms in total. The van der Waals surface area contributed by atoms with Crippen LogP contribution in [0.25, 0.3) is 0 Å². The molecule has 0 amide bonds. The van der Waals surface area contributed by atoms with Gasteiger partial charge >= 0.3 is 11.9 Å². The summed E-state index contributed by atoms with van der Waals surface area (Å²) in [5.74, 6) is -0.590. The fraction of sp³-hybridized carbons (Fsp3) is 0.587. The van der Waals surface area contributed by atoms with E-state index in [4.69, 9.17) is 14.2 Å². The monoisotopic (exact) mass is 937 g/mol. The summed E-state index contributed by atoms with van der Waals surface area (Å²) in [6.07, 6.45) is 83.3. The van der Waals surface area contributed by atoms with Crippen molar-refractivity contribution in [2.75, 3.05) is 19.8 Å². The van der Waals surface area contributed by atoms with Crippen LogP contribution in [-0.2, 0) is 23.8 Å². The van der Waals surface area contributed by atoms with Gasteiger partial charge in [-0.1, -0.05) is 231 Å². The van der Waals surface area contributed by atoms with E-state index >= 15 is 0 Å². The van der Waals surface area contributed by atoms with Crippen LogP contribution in [0.2, 0.25) is 0 Å². The Labute approximate surface area is 419 Å². The number of unbranched alkanes of at least 4 members (excludes halogenated alkanes) is 14. The third kappa shape index (κ3) is 54.4. The lowest BCUT2D eigenvalue weighted by Crippen LogP contribution is -2.29. The Morgan fingerprint density at radius 2 is 0.706 bits per heavy atom. The molecule has 0 spiro atoms. The third-order valence-electron chi connectivity index (χ3n) is 10.9. The molecule has 0 radical (unpaired) electrons. The van der Waals surface area contributed by atoms with Crippen molar-refractivity contribution in [1.82, 2.24) is 0 Å². The van der Waals surface area contributed by atoms with Crippen molar-refractivity contribution in [2.24, 2.45) is 0 Å². The summed E-state index contributed by atoms with van der Waals surface area (Å²) in [6, 6.07) is 0. The van der Waals surface area contributed by atoms with Gasteiger partial charge in [-0.2, -0.15) is 0 Å². The lowest BCUT2D eigenvalue weighted by Gasteiger charge is -2.18. The van der Waals surface area contributed by atoms with Crippen molar-refractivity contribution in [3.63, 3.8) is 0 Å². The van der Waals surface area contributed by atoms with E-state index in [1.807, 2.05) is 12.2 Å². The summed E-state index contributed by atoms with van der Waals surface area (Å²) >= 11 is 0. The predicted molar refractivity (Wildman–Crippen MR) is 297 cm³/mol. The maximum absolute atomic E-state index is 12.8. The first-order chi connectivity index (χ1) is 33.6. The predicted octanol–water partition coefficient (Wildman–Crippen LogP) is 18.9. The molecule has 0 saturated heterocycles. The van der Waals surface area contributed by atoms with Crippen LogP contribution in [0.1, 0.15) is 213 Å². The fourth-order valence-corrected chi connectivity index (χ4v) is 6.89. The molecule has 0 aliphatic carbocycles. The zero-order valence-electron chi connectivity index (χ0n) is 43.8. The van der Waals surface area contributed by atoms with Crippen molar-refractivity contribution in [3.8, 4) is 0 Å². The van der Waals surface area contributed by atoms with E-state index in [1.54, 1.807) is 0 Å². The van der Waals surface area contributed by atoms with Gasteiger partial charge in [-0.25, -0.2) is 0 Å². The summed E-state index contributed by atoms with van der Waals surface area (Å²) in [4.78, 5) is 25.4. The Kier molecular flexibility index (Phi) is 53.6. The van der Waals surface area contributed by atoms with Crippen LogP contribution < -0.4 is 0 Å². The number of rotatable bonds is 48. The maximum atomic E-state index is 12.8. The van der Waals surface area contributed by atoms with Gasteiger partial charge in [-0.05, 0) is 116 Å². The van der Waals surface area contributed by atoms with Gasteiger partial charge in [-0.15, -0.1) is 0 Å². The number of esters is 2. The quantitative estimate of drug-likeness (QED) is 0.0346. The Hall–Kier alpha value is -4.22. The molecule has 1 unspecified atom stereocenters. The van der Waals surface area contributed by atoms with E-state index < -0.39 is 6.10 Å². The molecule has 0 N–H and O–H groups in total. The molecule has 0 heterocycles. The van der Waals surface area contributed by atoms with E-state index in [0.717, 1.165) is 103 Å². The summed E-state index contributed by atoms with van der Waals surface area (Å²) in [6.45, 7) is 7.32. The molecule has 0 aromatic carbocycles. The Bertz CT molecular complexity index is 1480. The van der Waals surface area contributed by atoms with Crippen LogP contribution in [-0.4, -0.2) is 37.9 Å². The lowest BCUT2D eigenvalue weighted by atomic mass is 10.1. The Morgan fingerprint density at radius 3 is 1.15 bits per heavy atom. The second kappa shape index (κ2) is 57.1. The Morgan fingerprint density at radius 1 is 0.353 bits per heavy atom. The molecular formula is C63H100O5. The van der Waals surface area contributed by atoms with Gasteiger partial charge in [0, 0.05) is 13.0 Å². The third-order valence-corrected chi connectivity index (χ3v) is 10.9. The van der Waals surface area contributed by atoms with Crippen molar-refractivity contribution in [1.29, 1.82) is 0 Å². The average molecular weight is 937 g/mol. The topological polar surface area (TPSA) is 61.8 Å². The van der Waals surface area contributed by atoms with Crippen LogP contribution in [0, 0.1) is 0 Å². The molecule has 0 fully saturated rings. The number of hydrogen-bond acceptors (Lipinski definition) is 5. The molecular weight excluding hydrogens is 837 g/mol. The number of hydrogen-bond donors (Lipinski definition) is 0. The molecule has 0 aromatic rings. The lowest BCUT2D eigenvalue weighted by molar-refractivity contribution is -0.162. The summed E-state index contributed by atoms with van der Waals surface area (Å²) in [5.41, 5.74) is 0. The molecule has 0 rings (SSSR count). The van der Waals surface area contributed by atoms with Gasteiger partial charge in [0.25, 0.3) is 0 Å². The average Bonchev–Trinajstić information content (AvgIpc) is 3.34. The minimum atomic E-state index is -0.634. The van der Waals surface area contributed by atoms with Gasteiger partial charge < -0.3 is 14.2 Å². The molecule has 0 aliphatic heterocycles. The number of carbonyl (C=O) groups excluding carboxylic acids is 2. The molecule has 0 aromatic heterocycles. The fourth-order valence-electron chi connectivity index (χ4n) is 6.89. The van der Waals surface area contributed by atoms with E-state index in [1.165, 1.54) is 77.0 Å². The van der Waals surface area contributed by atoms with Crippen LogP contribution in [0.5, 0.6) is 0 Å². The molecule has 0 saturated carbocycles. The first-order valence-corrected chi connectivity index (χ1v) is 27.4. The second-order valence-electron chi connectivity index (χ2n) is 17.4. The normalized spacial score (nSPS) is 13.4. The molecule has 0 aliphatic rings. The standard InChI is InChI=1S/C63H100O5/c1-4-7-10-13-16-19-22-25-28-30-31-32-34-37-40-43-46-49-52-55-58-66-59-61(68-63(65)57-54-51-48-45-42-39-35-27-24-21-18-15-12-9-6-3)60-67-62(64)56-53-50-47-44-41-38-36-33-29-26-23-20-17-14-11-8-5-2/h7,9-10,12,16,18-19,21,25-29,31-32,35,37,40,42,45-46,49,51,54,61H,4-6,8,11,13-15,17,20,22-24,30,33-34,36,38-39,41,43-44,47-48,50,52-53,55-60H2,1-3H3/b10-7-,12-9-,19-16-,21-18-,28-25-,29-26-,32-31-,35-27-,40-37-,45-42-,49-46-,54-51-. The van der Waals surface area contributed by atoms with Crippen LogP contribution in [0.15, 0.2) is 146 Å². The largest absolute Gasteiger partial charge is 0.462 e. The van der Waals surface area contributed by atoms with Gasteiger partial charge in [-0.3, -0.25) is 9.59 Å². The summed E-state index contributed by atoms with van der Waals surface area (Å²) < 4.78 is 17.3. The van der Waals surface area contributed by atoms with E-state index in [2.05, 4.69) is 154 Å². The SMILES string of the molecule is CC/C=C\C/C=C\C/C=C\C/C=C\C/C=C\C/C=C\CCCOCC(COC(=O)CCCCCCCCC/C=C\CCCCCCCC)OC(=O)C/C=C\C/C=C\C/C=C\C/C=C\C/C=C\CC. The zero-order chi connectivity index (χ0) is 49.2. The van der Waals surface area contributed by atoms with Crippen molar-refractivity contribution in [3.05, 3.63) is 146 Å². The summed E-state index contributed by atoms with van der Waals surface area (Å²) in [7, 11) is 0. The van der Waals surface area contributed by atoms with Gasteiger partial charge in [0.05, 0.1) is 13.0 Å². The van der Waals surface area contributed by atoms with Gasteiger partial charge in [0.15, 0.2) is 6.10 Å². The first kappa shape index (κ1) is 63.8. The highest BCUT2D eigenvalue weighted by Gasteiger charge is 2.17. The molecule has 1 atom stereocenters. The van der Waals surface area contributed by atoms with Crippen molar-refractivity contribution < 1.29 is 23.8 Å². The van der Waals surface area contributed by atoms with Crippen molar-refractivity contribution >= 4 is 11.9 Å². The number of ether oxygens (including phenoxy) is 3. The van der Waals surface area contributed by atoms with Crippen molar-refractivity contribution in [2.45, 2.75) is 219 Å². The zero-order valence-corrected chi connectivity index (χ0v) is 43.8. The summed E-state index contributed by atoms with van der Waals surface area (Å²) in [5, 5.41) is 0. The van der Waals surface area contributed by atoms with Crippen LogP contribution in [0.3, 0.4) is 0 Å². The van der Waals surface area contributed by atoms with Gasteiger partial charge in [0.2, 0.25) is 0 Å². The van der Waals surface area contributed by atoms with Gasteiger partial charge in [0.1, 0.15) is 6.61 Å². The first-order valence-electron chi connectivity index (χ1n) is 27.4. The van der Waals surface area contributed by atoms with Crippen LogP contribution in [0.4, 0.5) is 0 Å². The molecule has 0 bridgehead atoms. The van der Waals surface area contributed by atoms with E-state index in [-0.39, 0.29) is 31.6 Å². The highest BCUT2D eigenvalue weighted by atomic mass is 16.6. The smallest absolute Gasteiger partial charge is 0.310 e. The highest BCUT2D eigenvalue weighted by Crippen LogP contribution is 2.12. The molecule has 68 heavy (non-hydrogen) atoms. The maximum Gasteiger partial charge on any atom is 0.310 e. The number of allylic oxidation sites excluding steroid dienone is 23. The highest BCUT2D eigenvalue weighted by molar-refractivity contribution is 5.71. The van der Waals surface area contributed by atoms with E-state index in [0.29, 0.717) is 13.0 Å². The van der Waals surface area contributed by atoms with E-state index in [9.17, 15) is 9.59 Å². The molecule has 382 valence electrons. The number of carbonyl (C=O) groups is 2. The second-order valence-corrected chi connectivity index (χ2v) is 17.4.